The molecule has 0 unspecified atom stereocenters. The summed E-state index contributed by atoms with van der Waals surface area (Å²) in [5, 5.41) is 12.2. The Labute approximate surface area is 70.0 Å². The van der Waals surface area contributed by atoms with Crippen molar-refractivity contribution < 1.29 is 9.50 Å². The maximum Gasteiger partial charge on any atom is 0.165 e. The van der Waals surface area contributed by atoms with Gasteiger partial charge in [0.25, 0.3) is 0 Å². The lowest BCUT2D eigenvalue weighted by atomic mass is 10.0. The molecule has 0 bridgehead atoms. The minimum Gasteiger partial charge on any atom is -0.505 e. The molecule has 0 saturated heterocycles. The average Bonchev–Trinajstić information content (AvgIpc) is 2.07. The van der Waals surface area contributed by atoms with Crippen molar-refractivity contribution in [3.8, 4) is 5.75 Å². The fourth-order valence-electron chi connectivity index (χ4n) is 1.49. The topological polar surface area (TPSA) is 32.3 Å². The molecule has 1 aliphatic heterocycles. The average molecular weight is 167 g/mol. The first-order valence-corrected chi connectivity index (χ1v) is 3.98. The Morgan fingerprint density at radius 3 is 3.00 bits per heavy atom. The van der Waals surface area contributed by atoms with Crippen molar-refractivity contribution >= 4 is 0 Å². The lowest BCUT2D eigenvalue weighted by Crippen LogP contribution is -2.23. The van der Waals surface area contributed by atoms with Crippen molar-refractivity contribution in [2.75, 3.05) is 6.54 Å². The van der Waals surface area contributed by atoms with Gasteiger partial charge in [-0.15, -0.1) is 0 Å². The molecule has 0 saturated carbocycles. The van der Waals surface area contributed by atoms with Gasteiger partial charge in [-0.05, 0) is 36.2 Å². The van der Waals surface area contributed by atoms with Crippen LogP contribution in [0.15, 0.2) is 12.1 Å². The van der Waals surface area contributed by atoms with Crippen molar-refractivity contribution in [1.29, 1.82) is 0 Å². The number of phenolic OH excluding ortho intramolecular Hbond substituents is 1. The lowest BCUT2D eigenvalue weighted by Gasteiger charge is -2.16. The summed E-state index contributed by atoms with van der Waals surface area (Å²) >= 11 is 0. The van der Waals surface area contributed by atoms with E-state index >= 15 is 0 Å². The molecule has 12 heavy (non-hydrogen) atoms. The monoisotopic (exact) mass is 167 g/mol. The third-order valence-corrected chi connectivity index (χ3v) is 2.16. The molecule has 0 spiro atoms. The molecule has 1 aromatic carbocycles. The van der Waals surface area contributed by atoms with Crippen LogP contribution >= 0.6 is 0 Å². The highest BCUT2D eigenvalue weighted by Crippen LogP contribution is 2.22. The summed E-state index contributed by atoms with van der Waals surface area (Å²) < 4.78 is 12.8. The Balaban J connectivity index is 2.49. The van der Waals surface area contributed by atoms with Gasteiger partial charge in [0.15, 0.2) is 11.6 Å². The van der Waals surface area contributed by atoms with E-state index in [0.717, 1.165) is 30.6 Å². The fraction of sp³-hybridized carbons (Fsp3) is 0.333. The molecule has 2 rings (SSSR count). The highest BCUT2D eigenvalue weighted by atomic mass is 19.1. The van der Waals surface area contributed by atoms with Gasteiger partial charge >= 0.3 is 0 Å². The predicted molar refractivity (Wildman–Crippen MR) is 43.5 cm³/mol. The van der Waals surface area contributed by atoms with Crippen LogP contribution in [0.25, 0.3) is 0 Å². The van der Waals surface area contributed by atoms with E-state index in [4.69, 9.17) is 5.11 Å². The van der Waals surface area contributed by atoms with E-state index in [1.54, 1.807) is 0 Å². The van der Waals surface area contributed by atoms with Gasteiger partial charge in [-0.1, -0.05) is 0 Å². The number of hydrogen-bond acceptors (Lipinski definition) is 2. The van der Waals surface area contributed by atoms with Crippen molar-refractivity contribution in [1.82, 2.24) is 5.32 Å². The van der Waals surface area contributed by atoms with Crippen molar-refractivity contribution in [3.05, 3.63) is 29.1 Å². The van der Waals surface area contributed by atoms with E-state index in [9.17, 15) is 4.39 Å². The molecule has 0 aliphatic carbocycles. The van der Waals surface area contributed by atoms with Crippen LogP contribution in [0.3, 0.4) is 0 Å². The minimum atomic E-state index is -0.518. The summed E-state index contributed by atoms with van der Waals surface area (Å²) in [5.41, 5.74) is 2.00. The first kappa shape index (κ1) is 7.55. The van der Waals surface area contributed by atoms with E-state index in [1.807, 2.05) is 0 Å². The third-order valence-electron chi connectivity index (χ3n) is 2.16. The smallest absolute Gasteiger partial charge is 0.165 e. The molecule has 0 atom stereocenters. The van der Waals surface area contributed by atoms with E-state index in [2.05, 4.69) is 5.32 Å². The third kappa shape index (κ3) is 1.16. The maximum atomic E-state index is 12.8. The Morgan fingerprint density at radius 2 is 2.17 bits per heavy atom. The van der Waals surface area contributed by atoms with Crippen LogP contribution in [0.5, 0.6) is 5.75 Å². The van der Waals surface area contributed by atoms with Gasteiger partial charge in [0.05, 0.1) is 0 Å². The van der Waals surface area contributed by atoms with Gasteiger partial charge in [0.2, 0.25) is 0 Å². The normalized spacial score (nSPS) is 15.8. The van der Waals surface area contributed by atoms with Crippen LogP contribution in [0.4, 0.5) is 4.39 Å². The zero-order valence-electron chi connectivity index (χ0n) is 6.60. The molecule has 0 fully saturated rings. The molecule has 2 nitrogen and oxygen atoms in total. The van der Waals surface area contributed by atoms with Crippen LogP contribution < -0.4 is 5.32 Å². The predicted octanol–water partition coefficient (Wildman–Crippen LogP) is 1.18. The maximum absolute atomic E-state index is 12.8. The summed E-state index contributed by atoms with van der Waals surface area (Å²) in [6.07, 6.45) is 0.840. The van der Waals surface area contributed by atoms with Crippen LogP contribution in [0.2, 0.25) is 0 Å². The Kier molecular flexibility index (Phi) is 1.73. The summed E-state index contributed by atoms with van der Waals surface area (Å²) in [5.74, 6) is -0.770. The van der Waals surface area contributed by atoms with Gasteiger partial charge in [-0.25, -0.2) is 4.39 Å². The molecule has 0 radical (unpaired) electrons. The van der Waals surface area contributed by atoms with Gasteiger partial charge < -0.3 is 10.4 Å². The molecule has 3 heteroatoms. The number of rotatable bonds is 0. The number of nitrogens with one attached hydrogen (secondary N) is 1. The minimum absolute atomic E-state index is 0.252. The second-order valence-electron chi connectivity index (χ2n) is 3.00. The Hall–Kier alpha value is -1.09. The quantitative estimate of drug-likeness (QED) is 0.608. The summed E-state index contributed by atoms with van der Waals surface area (Å²) in [4.78, 5) is 0. The van der Waals surface area contributed by atoms with Crippen molar-refractivity contribution in [3.63, 3.8) is 0 Å². The molecular weight excluding hydrogens is 157 g/mol. The van der Waals surface area contributed by atoms with Crippen LogP contribution in [0.1, 0.15) is 11.1 Å². The van der Waals surface area contributed by atoms with Crippen LogP contribution in [-0.4, -0.2) is 11.7 Å². The molecule has 1 heterocycles. The van der Waals surface area contributed by atoms with Gasteiger partial charge in [-0.2, -0.15) is 0 Å². The number of aromatic hydroxyl groups is 1. The molecular formula is C9H10FNO. The summed E-state index contributed by atoms with van der Waals surface area (Å²) in [7, 11) is 0. The van der Waals surface area contributed by atoms with Gasteiger partial charge in [-0.3, -0.25) is 0 Å². The molecule has 1 aliphatic rings. The highest BCUT2D eigenvalue weighted by Gasteiger charge is 2.11. The fourth-order valence-corrected chi connectivity index (χ4v) is 1.49. The number of benzene rings is 1. The molecule has 0 amide bonds. The van der Waals surface area contributed by atoms with Crippen molar-refractivity contribution in [2.24, 2.45) is 0 Å². The number of hydrogen-bond donors (Lipinski definition) is 2. The molecule has 1 aromatic rings. The van der Waals surface area contributed by atoms with Crippen LogP contribution in [-0.2, 0) is 13.0 Å². The zero-order valence-corrected chi connectivity index (χ0v) is 6.60. The van der Waals surface area contributed by atoms with E-state index in [-0.39, 0.29) is 5.75 Å². The number of halogens is 1. The highest BCUT2D eigenvalue weighted by molar-refractivity contribution is 5.37. The molecule has 0 aromatic heterocycles. The number of phenols is 1. The SMILES string of the molecule is Oc1cc2c(cc1F)CCNC2. The summed E-state index contributed by atoms with van der Waals surface area (Å²) in [6, 6.07) is 2.92. The molecule has 64 valence electrons. The second kappa shape index (κ2) is 2.75. The van der Waals surface area contributed by atoms with Gasteiger partial charge in [0.1, 0.15) is 0 Å². The molecule has 2 N–H and O–H groups in total. The van der Waals surface area contributed by atoms with E-state index < -0.39 is 5.82 Å². The van der Waals surface area contributed by atoms with Crippen molar-refractivity contribution in [2.45, 2.75) is 13.0 Å². The second-order valence-corrected chi connectivity index (χ2v) is 3.00. The van der Waals surface area contributed by atoms with E-state index in [0.29, 0.717) is 0 Å². The first-order chi connectivity index (χ1) is 5.77. The van der Waals surface area contributed by atoms with Crippen LogP contribution in [0, 0.1) is 5.82 Å². The Bertz CT molecular complexity index is 281. The Morgan fingerprint density at radius 1 is 1.33 bits per heavy atom. The lowest BCUT2D eigenvalue weighted by molar-refractivity contribution is 0.429. The summed E-state index contributed by atoms with van der Waals surface area (Å²) in [6.45, 7) is 1.61. The first-order valence-electron chi connectivity index (χ1n) is 3.98. The number of fused-ring (bicyclic) bond motifs is 1. The zero-order chi connectivity index (χ0) is 8.55. The van der Waals surface area contributed by atoms with E-state index in [1.165, 1.54) is 12.1 Å². The van der Waals surface area contributed by atoms with Gasteiger partial charge in [0, 0.05) is 6.54 Å². The standard InChI is InChI=1S/C9H10FNO/c10-8-3-6-1-2-11-5-7(6)4-9(8)12/h3-4,11-12H,1-2,5H2. The largest absolute Gasteiger partial charge is 0.505 e.